The molecule has 0 fully saturated rings. The lowest BCUT2D eigenvalue weighted by atomic mass is 10.2. The molecule has 0 bridgehead atoms. The number of nitrogens with one attached hydrogen (secondary N) is 1. The van der Waals surface area contributed by atoms with Crippen LogP contribution in [0.5, 0.6) is 0 Å². The highest BCUT2D eigenvalue weighted by Crippen LogP contribution is 2.15. The molecule has 0 heterocycles. The van der Waals surface area contributed by atoms with Crippen molar-refractivity contribution in [3.05, 3.63) is 70.2 Å². The summed E-state index contributed by atoms with van der Waals surface area (Å²) in [6, 6.07) is 9.97. The number of anilines is 1. The molecule has 0 aliphatic carbocycles. The van der Waals surface area contributed by atoms with Gasteiger partial charge in [0.25, 0.3) is 5.91 Å². The topological polar surface area (TPSA) is 55.4 Å². The first-order valence-corrected chi connectivity index (χ1v) is 8.04. The minimum Gasteiger partial charge on any atom is -0.449 e. The van der Waals surface area contributed by atoms with Gasteiger partial charge in [0.1, 0.15) is 11.6 Å². The fourth-order valence-corrected chi connectivity index (χ4v) is 2.09. The molecule has 25 heavy (non-hydrogen) atoms. The molecule has 2 aromatic rings. The fourth-order valence-electron chi connectivity index (χ4n) is 1.83. The second kappa shape index (κ2) is 8.53. The van der Waals surface area contributed by atoms with E-state index in [0.29, 0.717) is 6.07 Å². The average Bonchev–Trinajstić information content (AvgIpc) is 2.56. The van der Waals surface area contributed by atoms with Crippen molar-refractivity contribution in [3.8, 4) is 0 Å². The third kappa shape index (κ3) is 5.79. The number of carbonyl (C=O) groups excluding carboxylic acids is 2. The van der Waals surface area contributed by atoms with Crippen LogP contribution in [0, 0.1) is 11.6 Å². The molecule has 7 heteroatoms. The van der Waals surface area contributed by atoms with Crippen LogP contribution in [0.15, 0.2) is 53.0 Å². The van der Waals surface area contributed by atoms with Gasteiger partial charge in [-0.1, -0.05) is 28.1 Å². The third-order valence-corrected chi connectivity index (χ3v) is 3.66. The minimum absolute atomic E-state index is 0.195. The SMILES string of the molecule is C[C@@H](OC(=O)/C=C/c1ccc(Br)cc1)C(=O)Nc1ccc(F)cc1F. The number of carbonyl (C=O) groups is 2. The molecule has 0 aliphatic heterocycles. The van der Waals surface area contributed by atoms with Gasteiger partial charge < -0.3 is 10.1 Å². The van der Waals surface area contributed by atoms with Crippen molar-refractivity contribution < 1.29 is 23.1 Å². The van der Waals surface area contributed by atoms with E-state index < -0.39 is 29.6 Å². The summed E-state index contributed by atoms with van der Waals surface area (Å²) < 4.78 is 32.2. The Bertz CT molecular complexity index is 806. The van der Waals surface area contributed by atoms with Crippen LogP contribution in [0.3, 0.4) is 0 Å². The molecule has 0 saturated heterocycles. The van der Waals surface area contributed by atoms with Crippen LogP contribution in [0.25, 0.3) is 6.08 Å². The largest absolute Gasteiger partial charge is 0.449 e. The molecule has 1 amide bonds. The van der Waals surface area contributed by atoms with E-state index in [-0.39, 0.29) is 5.69 Å². The van der Waals surface area contributed by atoms with Gasteiger partial charge in [-0.3, -0.25) is 4.79 Å². The van der Waals surface area contributed by atoms with Crippen molar-refractivity contribution in [1.82, 2.24) is 0 Å². The van der Waals surface area contributed by atoms with Crippen LogP contribution in [-0.4, -0.2) is 18.0 Å². The first-order chi connectivity index (χ1) is 11.8. The summed E-state index contributed by atoms with van der Waals surface area (Å²) in [6.07, 6.45) is 1.58. The van der Waals surface area contributed by atoms with Crippen molar-refractivity contribution >= 4 is 39.6 Å². The molecule has 0 aliphatic rings. The van der Waals surface area contributed by atoms with Gasteiger partial charge in [-0.2, -0.15) is 0 Å². The summed E-state index contributed by atoms with van der Waals surface area (Å²) in [6.45, 7) is 1.35. The summed E-state index contributed by atoms with van der Waals surface area (Å²) in [5.74, 6) is -3.11. The first-order valence-electron chi connectivity index (χ1n) is 7.25. The highest BCUT2D eigenvalue weighted by Gasteiger charge is 2.18. The Labute approximate surface area is 151 Å². The number of halogens is 3. The Morgan fingerprint density at radius 1 is 1.16 bits per heavy atom. The Kier molecular flexibility index (Phi) is 6.41. The van der Waals surface area contributed by atoms with E-state index in [1.165, 1.54) is 13.0 Å². The molecule has 0 spiro atoms. The number of esters is 1. The standard InChI is InChI=1S/C18H14BrF2NO3/c1-11(18(24)22-16-8-7-14(20)10-15(16)21)25-17(23)9-4-12-2-5-13(19)6-3-12/h2-11H,1H3,(H,22,24)/b9-4+/t11-/m1/s1. The Morgan fingerprint density at radius 2 is 1.84 bits per heavy atom. The van der Waals surface area contributed by atoms with Crippen molar-refractivity contribution in [1.29, 1.82) is 0 Å². The Balaban J connectivity index is 1.91. The number of hydrogen-bond acceptors (Lipinski definition) is 3. The monoisotopic (exact) mass is 409 g/mol. The lowest BCUT2D eigenvalue weighted by Crippen LogP contribution is -2.29. The van der Waals surface area contributed by atoms with E-state index in [0.717, 1.165) is 22.2 Å². The second-order valence-corrected chi connectivity index (χ2v) is 5.99. The third-order valence-electron chi connectivity index (χ3n) is 3.13. The molecule has 2 rings (SSSR count). The number of ether oxygens (including phenoxy) is 1. The summed E-state index contributed by atoms with van der Waals surface area (Å²) in [5.41, 5.74) is 0.588. The van der Waals surface area contributed by atoms with Crippen LogP contribution in [-0.2, 0) is 14.3 Å². The predicted octanol–water partition coefficient (Wildman–Crippen LogP) is 4.31. The summed E-state index contributed by atoms with van der Waals surface area (Å²) in [5, 5.41) is 2.24. The second-order valence-electron chi connectivity index (χ2n) is 5.08. The molecule has 0 aromatic heterocycles. The zero-order chi connectivity index (χ0) is 18.4. The van der Waals surface area contributed by atoms with Crippen molar-refractivity contribution in [2.45, 2.75) is 13.0 Å². The maximum atomic E-state index is 13.5. The van der Waals surface area contributed by atoms with Gasteiger partial charge in [0.05, 0.1) is 5.69 Å². The van der Waals surface area contributed by atoms with E-state index in [2.05, 4.69) is 21.2 Å². The van der Waals surface area contributed by atoms with Crippen molar-refractivity contribution in [2.75, 3.05) is 5.32 Å². The zero-order valence-electron chi connectivity index (χ0n) is 13.1. The van der Waals surface area contributed by atoms with Crippen LogP contribution in [0.1, 0.15) is 12.5 Å². The lowest BCUT2D eigenvalue weighted by molar-refractivity contribution is -0.148. The van der Waals surface area contributed by atoms with E-state index in [4.69, 9.17) is 4.74 Å². The number of hydrogen-bond donors (Lipinski definition) is 1. The van der Waals surface area contributed by atoms with Crippen molar-refractivity contribution in [2.24, 2.45) is 0 Å². The molecule has 1 N–H and O–H groups in total. The molecule has 0 unspecified atom stereocenters. The number of rotatable bonds is 5. The zero-order valence-corrected chi connectivity index (χ0v) is 14.7. The summed E-state index contributed by atoms with van der Waals surface area (Å²) in [4.78, 5) is 23.7. The lowest BCUT2D eigenvalue weighted by Gasteiger charge is -2.12. The van der Waals surface area contributed by atoms with E-state index in [1.807, 2.05) is 12.1 Å². The maximum absolute atomic E-state index is 13.5. The Hall–Kier alpha value is -2.54. The molecule has 2 aromatic carbocycles. The predicted molar refractivity (Wildman–Crippen MR) is 93.7 cm³/mol. The highest BCUT2D eigenvalue weighted by atomic mass is 79.9. The van der Waals surface area contributed by atoms with E-state index in [1.54, 1.807) is 18.2 Å². The molecule has 4 nitrogen and oxygen atoms in total. The van der Waals surface area contributed by atoms with Gasteiger partial charge in [0.15, 0.2) is 6.10 Å². The van der Waals surface area contributed by atoms with Gasteiger partial charge in [-0.05, 0) is 42.8 Å². The quantitative estimate of drug-likeness (QED) is 0.591. The van der Waals surface area contributed by atoms with E-state index >= 15 is 0 Å². The fraction of sp³-hybridized carbons (Fsp3) is 0.111. The summed E-state index contributed by atoms with van der Waals surface area (Å²) >= 11 is 3.30. The molecule has 0 radical (unpaired) electrons. The minimum atomic E-state index is -1.15. The van der Waals surface area contributed by atoms with Crippen LogP contribution in [0.4, 0.5) is 14.5 Å². The molecular formula is C18H14BrF2NO3. The number of benzene rings is 2. The normalized spacial score (nSPS) is 12.0. The molecule has 130 valence electrons. The van der Waals surface area contributed by atoms with Crippen LogP contribution in [0.2, 0.25) is 0 Å². The van der Waals surface area contributed by atoms with E-state index in [9.17, 15) is 18.4 Å². The van der Waals surface area contributed by atoms with Crippen molar-refractivity contribution in [3.63, 3.8) is 0 Å². The van der Waals surface area contributed by atoms with Crippen LogP contribution < -0.4 is 5.32 Å². The first kappa shape index (κ1) is 18.8. The molecular weight excluding hydrogens is 396 g/mol. The van der Waals surface area contributed by atoms with Gasteiger partial charge in [0.2, 0.25) is 0 Å². The van der Waals surface area contributed by atoms with Gasteiger partial charge in [0, 0.05) is 16.6 Å². The smallest absolute Gasteiger partial charge is 0.331 e. The maximum Gasteiger partial charge on any atom is 0.331 e. The Morgan fingerprint density at radius 3 is 2.48 bits per heavy atom. The molecule has 1 atom stereocenters. The average molecular weight is 410 g/mol. The van der Waals surface area contributed by atoms with Gasteiger partial charge in [-0.25, -0.2) is 13.6 Å². The van der Waals surface area contributed by atoms with Gasteiger partial charge >= 0.3 is 5.97 Å². The van der Waals surface area contributed by atoms with Gasteiger partial charge in [-0.15, -0.1) is 0 Å². The van der Waals surface area contributed by atoms with Crippen LogP contribution >= 0.6 is 15.9 Å². The number of amides is 1. The summed E-state index contributed by atoms with van der Waals surface area (Å²) in [7, 11) is 0. The highest BCUT2D eigenvalue weighted by molar-refractivity contribution is 9.10. The molecule has 0 saturated carbocycles.